The molecule has 2 amide bonds. The van der Waals surface area contributed by atoms with E-state index in [1.807, 2.05) is 48.5 Å². The van der Waals surface area contributed by atoms with Gasteiger partial charge in [0.15, 0.2) is 11.5 Å². The van der Waals surface area contributed by atoms with Crippen LogP contribution in [0.2, 0.25) is 0 Å². The zero-order valence-corrected chi connectivity index (χ0v) is 20.6. The molecule has 3 aromatic rings. The number of ether oxygens (including phenoxy) is 2. The molecule has 0 unspecified atom stereocenters. The molecule has 1 fully saturated rings. The standard InChI is InChI=1S/C26H19BrN2O4S/c1-32-22-12-20(11-21(27)24(22)33-16-19-9-7-17(14-28)8-10-19)13-23-25(30)29(26(31)34-23)15-18-5-3-2-4-6-18/h2-13H,15-16H2,1H3/b23-13-. The Kier molecular flexibility index (Phi) is 7.36. The molecule has 0 bridgehead atoms. The highest BCUT2D eigenvalue weighted by atomic mass is 79.9. The molecule has 4 rings (SSSR count). The van der Waals surface area contributed by atoms with E-state index in [1.54, 1.807) is 24.3 Å². The maximum Gasteiger partial charge on any atom is 0.293 e. The second-order valence-corrected chi connectivity index (χ2v) is 9.23. The summed E-state index contributed by atoms with van der Waals surface area (Å²) < 4.78 is 12.1. The van der Waals surface area contributed by atoms with Gasteiger partial charge in [-0.05, 0) is 74.7 Å². The lowest BCUT2D eigenvalue weighted by atomic mass is 10.1. The number of carbonyl (C=O) groups excluding carboxylic acids is 2. The van der Waals surface area contributed by atoms with Gasteiger partial charge in [0.25, 0.3) is 11.1 Å². The first kappa shape index (κ1) is 23.6. The molecule has 3 aromatic carbocycles. The largest absolute Gasteiger partial charge is 0.493 e. The zero-order chi connectivity index (χ0) is 24.1. The molecule has 1 aliphatic rings. The molecule has 8 heteroatoms. The van der Waals surface area contributed by atoms with Crippen LogP contribution in [0.25, 0.3) is 6.08 Å². The Balaban J connectivity index is 1.52. The second kappa shape index (κ2) is 10.6. The molecule has 1 heterocycles. The average molecular weight is 535 g/mol. The monoisotopic (exact) mass is 534 g/mol. The van der Waals surface area contributed by atoms with Crippen molar-refractivity contribution in [2.24, 2.45) is 0 Å². The first-order chi connectivity index (χ1) is 16.5. The van der Waals surface area contributed by atoms with E-state index < -0.39 is 0 Å². The van der Waals surface area contributed by atoms with Crippen molar-refractivity contribution in [2.75, 3.05) is 7.11 Å². The van der Waals surface area contributed by atoms with Crippen LogP contribution in [0, 0.1) is 11.3 Å². The Bertz CT molecular complexity index is 1300. The quantitative estimate of drug-likeness (QED) is 0.338. The molecule has 0 aromatic heterocycles. The summed E-state index contributed by atoms with van der Waals surface area (Å²) in [5.41, 5.74) is 3.07. The van der Waals surface area contributed by atoms with Crippen molar-refractivity contribution in [1.29, 1.82) is 5.26 Å². The molecule has 0 spiro atoms. The highest BCUT2D eigenvalue weighted by Gasteiger charge is 2.35. The molecular formula is C26H19BrN2O4S. The van der Waals surface area contributed by atoms with E-state index in [1.165, 1.54) is 12.0 Å². The fourth-order valence-corrected chi connectivity index (χ4v) is 4.76. The lowest BCUT2D eigenvalue weighted by Crippen LogP contribution is -2.27. The minimum absolute atomic E-state index is 0.234. The van der Waals surface area contributed by atoms with Crippen LogP contribution in [0.5, 0.6) is 11.5 Å². The number of hydrogen-bond acceptors (Lipinski definition) is 6. The number of nitrogens with zero attached hydrogens (tertiary/aromatic N) is 2. The minimum atomic E-state index is -0.324. The summed E-state index contributed by atoms with van der Waals surface area (Å²) in [6, 6.07) is 22.2. The summed E-state index contributed by atoms with van der Waals surface area (Å²) in [7, 11) is 1.54. The molecule has 1 saturated heterocycles. The maximum absolute atomic E-state index is 12.9. The summed E-state index contributed by atoms with van der Waals surface area (Å²) >= 11 is 4.44. The number of thioether (sulfide) groups is 1. The van der Waals surface area contributed by atoms with Gasteiger partial charge < -0.3 is 9.47 Å². The normalized spacial score (nSPS) is 14.4. The highest BCUT2D eigenvalue weighted by molar-refractivity contribution is 9.10. The van der Waals surface area contributed by atoms with Crippen LogP contribution >= 0.6 is 27.7 Å². The van der Waals surface area contributed by atoms with Gasteiger partial charge in [0.2, 0.25) is 0 Å². The molecule has 0 atom stereocenters. The van der Waals surface area contributed by atoms with Crippen LogP contribution in [-0.4, -0.2) is 23.2 Å². The van der Waals surface area contributed by atoms with Crippen LogP contribution in [0.4, 0.5) is 4.79 Å². The summed E-state index contributed by atoms with van der Waals surface area (Å²) in [6.07, 6.45) is 1.67. The van der Waals surface area contributed by atoms with Crippen LogP contribution in [-0.2, 0) is 17.9 Å². The first-order valence-corrected chi connectivity index (χ1v) is 11.9. The number of halogens is 1. The van der Waals surface area contributed by atoms with Crippen molar-refractivity contribution in [1.82, 2.24) is 4.90 Å². The van der Waals surface area contributed by atoms with Gasteiger partial charge in [-0.15, -0.1) is 0 Å². The summed E-state index contributed by atoms with van der Waals surface area (Å²) in [5.74, 6) is 0.675. The van der Waals surface area contributed by atoms with E-state index in [-0.39, 0.29) is 17.7 Å². The van der Waals surface area contributed by atoms with Gasteiger partial charge in [-0.3, -0.25) is 14.5 Å². The number of nitriles is 1. The van der Waals surface area contributed by atoms with Crippen molar-refractivity contribution in [3.63, 3.8) is 0 Å². The SMILES string of the molecule is COc1cc(/C=C2\SC(=O)N(Cc3ccccc3)C2=O)cc(Br)c1OCc1ccc(C#N)cc1. The molecule has 170 valence electrons. The first-order valence-electron chi connectivity index (χ1n) is 10.3. The van der Waals surface area contributed by atoms with Crippen molar-refractivity contribution in [3.05, 3.63) is 98.4 Å². The summed E-state index contributed by atoms with van der Waals surface area (Å²) in [4.78, 5) is 26.9. The number of amides is 2. The number of benzene rings is 3. The van der Waals surface area contributed by atoms with Crippen molar-refractivity contribution in [3.8, 4) is 17.6 Å². The maximum atomic E-state index is 12.9. The van der Waals surface area contributed by atoms with Crippen molar-refractivity contribution >= 4 is 44.9 Å². The van der Waals surface area contributed by atoms with Gasteiger partial charge in [-0.2, -0.15) is 5.26 Å². The van der Waals surface area contributed by atoms with E-state index in [9.17, 15) is 9.59 Å². The van der Waals surface area contributed by atoms with Crippen LogP contribution in [0.15, 0.2) is 76.1 Å². The number of carbonyl (C=O) groups is 2. The molecule has 0 N–H and O–H groups in total. The number of hydrogen-bond donors (Lipinski definition) is 0. The third-order valence-electron chi connectivity index (χ3n) is 5.07. The smallest absolute Gasteiger partial charge is 0.293 e. The van der Waals surface area contributed by atoms with E-state index in [2.05, 4.69) is 22.0 Å². The number of imide groups is 1. The third kappa shape index (κ3) is 5.33. The van der Waals surface area contributed by atoms with Gasteiger partial charge in [-0.25, -0.2) is 0 Å². The Labute approximate surface area is 209 Å². The van der Waals surface area contributed by atoms with Gasteiger partial charge in [0.05, 0.1) is 34.7 Å². The lowest BCUT2D eigenvalue weighted by Gasteiger charge is -2.14. The van der Waals surface area contributed by atoms with Gasteiger partial charge >= 0.3 is 0 Å². The number of rotatable bonds is 7. The van der Waals surface area contributed by atoms with Gasteiger partial charge in [0.1, 0.15) is 6.61 Å². The van der Waals surface area contributed by atoms with Gasteiger partial charge in [-0.1, -0.05) is 42.5 Å². The lowest BCUT2D eigenvalue weighted by molar-refractivity contribution is -0.123. The molecule has 0 aliphatic carbocycles. The van der Waals surface area contributed by atoms with E-state index in [4.69, 9.17) is 14.7 Å². The molecule has 6 nitrogen and oxygen atoms in total. The molecule has 1 aliphatic heterocycles. The van der Waals surface area contributed by atoms with Crippen LogP contribution in [0.3, 0.4) is 0 Å². The van der Waals surface area contributed by atoms with Crippen LogP contribution in [0.1, 0.15) is 22.3 Å². The fourth-order valence-electron chi connectivity index (χ4n) is 3.35. The van der Waals surface area contributed by atoms with Gasteiger partial charge in [0, 0.05) is 0 Å². The molecular weight excluding hydrogens is 516 g/mol. The van der Waals surface area contributed by atoms with E-state index in [0.29, 0.717) is 38.6 Å². The second-order valence-electron chi connectivity index (χ2n) is 7.38. The molecule has 34 heavy (non-hydrogen) atoms. The average Bonchev–Trinajstić information content (AvgIpc) is 3.11. The number of methoxy groups -OCH3 is 1. The zero-order valence-electron chi connectivity index (χ0n) is 18.2. The topological polar surface area (TPSA) is 79.6 Å². The van der Waals surface area contributed by atoms with E-state index >= 15 is 0 Å². The summed E-state index contributed by atoms with van der Waals surface area (Å²) in [6.45, 7) is 0.524. The summed E-state index contributed by atoms with van der Waals surface area (Å²) in [5, 5.41) is 8.63. The predicted molar refractivity (Wildman–Crippen MR) is 134 cm³/mol. The fraction of sp³-hybridized carbons (Fsp3) is 0.115. The molecule has 0 saturated carbocycles. The van der Waals surface area contributed by atoms with Crippen molar-refractivity contribution < 1.29 is 19.1 Å². The third-order valence-corrected chi connectivity index (χ3v) is 6.57. The van der Waals surface area contributed by atoms with Crippen LogP contribution < -0.4 is 9.47 Å². The predicted octanol–water partition coefficient (Wildman–Crippen LogP) is 6.14. The Morgan fingerprint density at radius 2 is 1.79 bits per heavy atom. The Morgan fingerprint density at radius 3 is 2.47 bits per heavy atom. The van der Waals surface area contributed by atoms with E-state index in [0.717, 1.165) is 22.9 Å². The Morgan fingerprint density at radius 1 is 1.06 bits per heavy atom. The minimum Gasteiger partial charge on any atom is -0.493 e. The Hall–Kier alpha value is -3.54. The molecule has 0 radical (unpaired) electrons. The highest BCUT2D eigenvalue weighted by Crippen LogP contribution is 2.39. The van der Waals surface area contributed by atoms with Crippen molar-refractivity contribution in [2.45, 2.75) is 13.2 Å².